The van der Waals surface area contributed by atoms with Gasteiger partial charge in [0.05, 0.1) is 5.92 Å². The second kappa shape index (κ2) is 5.74. The van der Waals surface area contributed by atoms with Gasteiger partial charge in [-0.2, -0.15) is 0 Å². The van der Waals surface area contributed by atoms with Crippen LogP contribution >= 0.6 is 0 Å². The summed E-state index contributed by atoms with van der Waals surface area (Å²) in [6, 6.07) is 0. The van der Waals surface area contributed by atoms with Crippen molar-refractivity contribution >= 4 is 14.3 Å². The molecule has 1 aliphatic carbocycles. The van der Waals surface area contributed by atoms with Crippen LogP contribution in [-0.2, 0) is 9.22 Å². The molecule has 1 rings (SSSR count). The molecule has 2 atom stereocenters. The quantitative estimate of drug-likeness (QED) is 0.790. The van der Waals surface area contributed by atoms with E-state index in [-0.39, 0.29) is 16.9 Å². The third kappa shape index (κ3) is 3.82. The minimum absolute atomic E-state index is 0.191. The molecule has 0 bridgehead atoms. The van der Waals surface area contributed by atoms with E-state index in [4.69, 9.17) is 4.43 Å². The molecule has 3 nitrogen and oxygen atoms in total. The van der Waals surface area contributed by atoms with Gasteiger partial charge in [0.1, 0.15) is 0 Å². The average Bonchev–Trinajstić information content (AvgIpc) is 2.25. The fourth-order valence-corrected chi connectivity index (χ4v) is 3.33. The number of carboxylic acids is 1. The zero-order valence-corrected chi connectivity index (χ0v) is 13.5. The number of hydrogen-bond acceptors (Lipinski definition) is 2. The van der Waals surface area contributed by atoms with E-state index in [0.717, 1.165) is 25.7 Å². The van der Waals surface area contributed by atoms with E-state index >= 15 is 0 Å². The first-order chi connectivity index (χ1) is 8.15. The molecule has 0 saturated heterocycles. The number of carbonyl (C=O) groups is 1. The van der Waals surface area contributed by atoms with Gasteiger partial charge in [-0.1, -0.05) is 33.6 Å². The Morgan fingerprint density at radius 2 is 1.83 bits per heavy atom. The Labute approximate surface area is 112 Å². The highest BCUT2D eigenvalue weighted by molar-refractivity contribution is 6.74. The first kappa shape index (κ1) is 15.7. The van der Waals surface area contributed by atoms with Crippen molar-refractivity contribution in [1.29, 1.82) is 0 Å². The van der Waals surface area contributed by atoms with Crippen LogP contribution in [0, 0.1) is 11.8 Å². The van der Waals surface area contributed by atoms with E-state index in [2.05, 4.69) is 33.9 Å². The molecular formula is C14H28O3Si. The Morgan fingerprint density at radius 3 is 2.33 bits per heavy atom. The fraction of sp³-hybridized carbons (Fsp3) is 0.929. The highest BCUT2D eigenvalue weighted by Crippen LogP contribution is 2.38. The van der Waals surface area contributed by atoms with Crippen molar-refractivity contribution in [2.45, 2.75) is 64.6 Å². The highest BCUT2D eigenvalue weighted by atomic mass is 28.4. The van der Waals surface area contributed by atoms with Crippen molar-refractivity contribution in [1.82, 2.24) is 0 Å². The van der Waals surface area contributed by atoms with Crippen LogP contribution in [0.2, 0.25) is 18.1 Å². The molecule has 0 spiro atoms. The van der Waals surface area contributed by atoms with Gasteiger partial charge in [-0.05, 0) is 36.9 Å². The van der Waals surface area contributed by atoms with E-state index in [1.807, 2.05) is 0 Å². The predicted molar refractivity (Wildman–Crippen MR) is 76.2 cm³/mol. The van der Waals surface area contributed by atoms with Gasteiger partial charge in [-0.3, -0.25) is 4.79 Å². The van der Waals surface area contributed by atoms with Crippen LogP contribution in [0.4, 0.5) is 0 Å². The molecule has 0 aromatic carbocycles. The third-order valence-corrected chi connectivity index (χ3v) is 9.19. The molecule has 0 heterocycles. The number of hydrogen-bond donors (Lipinski definition) is 1. The summed E-state index contributed by atoms with van der Waals surface area (Å²) >= 11 is 0. The molecule has 0 aromatic heterocycles. The van der Waals surface area contributed by atoms with Gasteiger partial charge in [0.15, 0.2) is 8.32 Å². The molecule has 1 fully saturated rings. The average molecular weight is 272 g/mol. The van der Waals surface area contributed by atoms with Crippen molar-refractivity contribution in [3.05, 3.63) is 0 Å². The topological polar surface area (TPSA) is 46.5 Å². The largest absolute Gasteiger partial charge is 0.481 e. The summed E-state index contributed by atoms with van der Waals surface area (Å²) in [5.74, 6) is -0.618. The molecule has 18 heavy (non-hydrogen) atoms. The first-order valence-electron chi connectivity index (χ1n) is 7.02. The van der Waals surface area contributed by atoms with Gasteiger partial charge >= 0.3 is 5.97 Å². The lowest BCUT2D eigenvalue weighted by molar-refractivity contribution is -0.145. The molecule has 1 aliphatic rings. The van der Waals surface area contributed by atoms with Crippen LogP contribution in [0.5, 0.6) is 0 Å². The number of carboxylic acid groups (broad SMARTS) is 1. The predicted octanol–water partition coefficient (Wildman–Crippen LogP) is 3.90. The molecular weight excluding hydrogens is 244 g/mol. The van der Waals surface area contributed by atoms with Crippen molar-refractivity contribution in [3.8, 4) is 0 Å². The Hall–Kier alpha value is -0.353. The van der Waals surface area contributed by atoms with E-state index in [9.17, 15) is 9.90 Å². The van der Waals surface area contributed by atoms with Crippen molar-refractivity contribution in [2.75, 3.05) is 6.61 Å². The lowest BCUT2D eigenvalue weighted by Crippen LogP contribution is -2.43. The summed E-state index contributed by atoms with van der Waals surface area (Å²) in [6.07, 6.45) is 4.02. The van der Waals surface area contributed by atoms with Gasteiger partial charge in [-0.15, -0.1) is 0 Å². The summed E-state index contributed by atoms with van der Waals surface area (Å²) in [6.45, 7) is 11.7. The zero-order valence-electron chi connectivity index (χ0n) is 12.5. The van der Waals surface area contributed by atoms with Crippen molar-refractivity contribution in [2.24, 2.45) is 11.8 Å². The maximum absolute atomic E-state index is 11.2. The van der Waals surface area contributed by atoms with Crippen LogP contribution in [0.25, 0.3) is 0 Å². The van der Waals surface area contributed by atoms with Crippen LogP contribution in [0.3, 0.4) is 0 Å². The molecule has 0 aliphatic heterocycles. The molecule has 0 radical (unpaired) electrons. The molecule has 0 amide bonds. The summed E-state index contributed by atoms with van der Waals surface area (Å²) in [5.41, 5.74) is 0. The third-order valence-electron chi connectivity index (χ3n) is 4.69. The Balaban J connectivity index is 2.58. The van der Waals surface area contributed by atoms with Gasteiger partial charge in [0.2, 0.25) is 0 Å². The maximum Gasteiger partial charge on any atom is 0.306 e. The smallest absolute Gasteiger partial charge is 0.306 e. The Bertz CT molecular complexity index is 294. The van der Waals surface area contributed by atoms with Gasteiger partial charge < -0.3 is 9.53 Å². The maximum atomic E-state index is 11.2. The van der Waals surface area contributed by atoms with Crippen LogP contribution in [0.15, 0.2) is 0 Å². The summed E-state index contributed by atoms with van der Waals surface area (Å²) in [7, 11) is -1.75. The minimum atomic E-state index is -1.75. The highest BCUT2D eigenvalue weighted by Gasteiger charge is 2.39. The lowest BCUT2D eigenvalue weighted by atomic mass is 9.80. The minimum Gasteiger partial charge on any atom is -0.481 e. The monoisotopic (exact) mass is 272 g/mol. The molecule has 1 N–H and O–H groups in total. The summed E-state index contributed by atoms with van der Waals surface area (Å²) in [5, 5.41) is 9.45. The lowest BCUT2D eigenvalue weighted by Gasteiger charge is -2.38. The Morgan fingerprint density at radius 1 is 1.28 bits per heavy atom. The van der Waals surface area contributed by atoms with Crippen LogP contribution in [0.1, 0.15) is 46.5 Å². The van der Waals surface area contributed by atoms with E-state index in [1.165, 1.54) is 0 Å². The van der Waals surface area contributed by atoms with Crippen molar-refractivity contribution < 1.29 is 14.3 Å². The van der Waals surface area contributed by atoms with E-state index in [1.54, 1.807) is 0 Å². The normalized spacial score (nSPS) is 26.1. The SMILES string of the molecule is CC(C)(C)[Si](C)(C)OC[C@@H]1CCCC[C@H]1C(=O)O. The second-order valence-corrected chi connectivity index (χ2v) is 11.9. The molecule has 0 aromatic rings. The van der Waals surface area contributed by atoms with Crippen molar-refractivity contribution in [3.63, 3.8) is 0 Å². The van der Waals surface area contributed by atoms with Crippen LogP contribution < -0.4 is 0 Å². The second-order valence-electron chi connectivity index (χ2n) is 7.06. The van der Waals surface area contributed by atoms with Gasteiger partial charge in [-0.25, -0.2) is 0 Å². The van der Waals surface area contributed by atoms with E-state index in [0.29, 0.717) is 6.61 Å². The zero-order chi connectivity index (χ0) is 14.0. The van der Waals surface area contributed by atoms with Gasteiger partial charge in [0, 0.05) is 6.61 Å². The molecule has 4 heteroatoms. The fourth-order valence-electron chi connectivity index (χ4n) is 2.26. The Kier molecular flexibility index (Phi) is 5.01. The van der Waals surface area contributed by atoms with Crippen LogP contribution in [-0.4, -0.2) is 26.0 Å². The summed E-state index contributed by atoms with van der Waals surface area (Å²) in [4.78, 5) is 11.2. The standard InChI is InChI=1S/C14H28O3Si/c1-14(2,3)18(4,5)17-10-11-8-6-7-9-12(11)13(15)16/h11-12H,6-10H2,1-5H3,(H,15,16)/t11-,12+/m0/s1. The van der Waals surface area contributed by atoms with Gasteiger partial charge in [0.25, 0.3) is 0 Å². The summed E-state index contributed by atoms with van der Waals surface area (Å²) < 4.78 is 6.19. The number of rotatable bonds is 4. The van der Waals surface area contributed by atoms with E-state index < -0.39 is 14.3 Å². The molecule has 1 saturated carbocycles. The first-order valence-corrected chi connectivity index (χ1v) is 9.93. The molecule has 106 valence electrons. The number of aliphatic carboxylic acids is 1. The molecule has 0 unspecified atom stereocenters.